The highest BCUT2D eigenvalue weighted by Gasteiger charge is 2.22. The molecule has 1 aromatic rings. The zero-order valence-corrected chi connectivity index (χ0v) is 13.1. The van der Waals surface area contributed by atoms with Crippen LogP contribution in [0.3, 0.4) is 0 Å². The Bertz CT molecular complexity index is 552. The number of carbonyl (C=O) groups excluding carboxylic acids is 2. The maximum absolute atomic E-state index is 12.4. The second kappa shape index (κ2) is 7.59. The van der Waals surface area contributed by atoms with Gasteiger partial charge in [0.05, 0.1) is 5.92 Å². The predicted molar refractivity (Wildman–Crippen MR) is 83.6 cm³/mol. The third kappa shape index (κ3) is 4.87. The highest BCUT2D eigenvalue weighted by Crippen LogP contribution is 2.19. The summed E-state index contributed by atoms with van der Waals surface area (Å²) in [4.78, 5) is 36.0. The largest absolute Gasteiger partial charge is 0.481 e. The van der Waals surface area contributed by atoms with Crippen LogP contribution in [0.1, 0.15) is 37.6 Å². The van der Waals surface area contributed by atoms with E-state index in [4.69, 9.17) is 10.8 Å². The van der Waals surface area contributed by atoms with Crippen molar-refractivity contribution in [1.29, 1.82) is 0 Å². The number of primary amides is 1. The molecule has 0 aromatic heterocycles. The van der Waals surface area contributed by atoms with Gasteiger partial charge in [0.15, 0.2) is 0 Å². The van der Waals surface area contributed by atoms with Gasteiger partial charge < -0.3 is 15.7 Å². The van der Waals surface area contributed by atoms with Crippen LogP contribution in [0.2, 0.25) is 0 Å². The molecule has 0 fully saturated rings. The van der Waals surface area contributed by atoms with Gasteiger partial charge in [-0.15, -0.1) is 0 Å². The van der Waals surface area contributed by atoms with Crippen molar-refractivity contribution in [2.24, 2.45) is 17.6 Å². The minimum atomic E-state index is -0.962. The van der Waals surface area contributed by atoms with Gasteiger partial charge >= 0.3 is 5.97 Å². The first-order valence-electron chi connectivity index (χ1n) is 7.15. The number of carboxylic acids is 1. The van der Waals surface area contributed by atoms with Gasteiger partial charge in [-0.25, -0.2) is 0 Å². The van der Waals surface area contributed by atoms with Gasteiger partial charge in [0.1, 0.15) is 0 Å². The summed E-state index contributed by atoms with van der Waals surface area (Å²) in [5.74, 6) is -2.18. The van der Waals surface area contributed by atoms with Crippen LogP contribution in [0.5, 0.6) is 0 Å². The van der Waals surface area contributed by atoms with E-state index in [9.17, 15) is 14.4 Å². The fourth-order valence-electron chi connectivity index (χ4n) is 1.97. The zero-order valence-electron chi connectivity index (χ0n) is 13.1. The monoisotopic (exact) mass is 306 g/mol. The van der Waals surface area contributed by atoms with E-state index in [0.29, 0.717) is 17.7 Å². The molecule has 6 heteroatoms. The Kier molecular flexibility index (Phi) is 6.10. The molecular weight excluding hydrogens is 284 g/mol. The number of benzene rings is 1. The van der Waals surface area contributed by atoms with Gasteiger partial charge in [-0.3, -0.25) is 14.4 Å². The first kappa shape index (κ1) is 17.7. The van der Waals surface area contributed by atoms with Crippen molar-refractivity contribution in [2.75, 3.05) is 11.4 Å². The van der Waals surface area contributed by atoms with Gasteiger partial charge in [-0.05, 0) is 30.2 Å². The Balaban J connectivity index is 3.04. The maximum Gasteiger partial charge on any atom is 0.308 e. The topological polar surface area (TPSA) is 101 Å². The SMILES string of the molecule is CC(C)CC(=O)N(CC(C)C(=O)O)c1ccc(C(N)=O)cc1. The molecule has 1 unspecified atom stereocenters. The summed E-state index contributed by atoms with van der Waals surface area (Å²) in [7, 11) is 0. The molecule has 0 saturated carbocycles. The minimum absolute atomic E-state index is 0.0802. The van der Waals surface area contributed by atoms with Gasteiger partial charge in [0.2, 0.25) is 11.8 Å². The van der Waals surface area contributed by atoms with Crippen LogP contribution in [-0.2, 0) is 9.59 Å². The van der Waals surface area contributed by atoms with E-state index in [1.54, 1.807) is 19.1 Å². The molecule has 0 spiro atoms. The van der Waals surface area contributed by atoms with E-state index in [1.807, 2.05) is 13.8 Å². The lowest BCUT2D eigenvalue weighted by Crippen LogP contribution is -2.37. The van der Waals surface area contributed by atoms with E-state index < -0.39 is 17.8 Å². The second-order valence-electron chi connectivity index (χ2n) is 5.75. The Morgan fingerprint density at radius 2 is 1.68 bits per heavy atom. The Morgan fingerprint density at radius 3 is 2.09 bits per heavy atom. The summed E-state index contributed by atoms with van der Waals surface area (Å²) in [6, 6.07) is 6.26. The van der Waals surface area contributed by atoms with Gasteiger partial charge in [0.25, 0.3) is 0 Å². The number of hydrogen-bond donors (Lipinski definition) is 2. The Morgan fingerprint density at radius 1 is 1.14 bits per heavy atom. The maximum atomic E-state index is 12.4. The van der Waals surface area contributed by atoms with E-state index >= 15 is 0 Å². The summed E-state index contributed by atoms with van der Waals surface area (Å²) < 4.78 is 0. The molecule has 22 heavy (non-hydrogen) atoms. The van der Waals surface area contributed by atoms with Crippen LogP contribution in [-0.4, -0.2) is 29.4 Å². The average molecular weight is 306 g/mol. The standard InChI is InChI=1S/C16H22N2O4/c1-10(2)8-14(19)18(9-11(3)16(21)22)13-6-4-12(5-7-13)15(17)20/h4-7,10-11H,8-9H2,1-3H3,(H2,17,20)(H,21,22). The van der Waals surface area contributed by atoms with Crippen molar-refractivity contribution in [1.82, 2.24) is 0 Å². The molecule has 1 rings (SSSR count). The molecular formula is C16H22N2O4. The number of carboxylic acid groups (broad SMARTS) is 1. The molecule has 120 valence electrons. The van der Waals surface area contributed by atoms with Crippen molar-refractivity contribution in [3.63, 3.8) is 0 Å². The van der Waals surface area contributed by atoms with Crippen LogP contribution < -0.4 is 10.6 Å². The normalized spacial score (nSPS) is 12.0. The molecule has 0 bridgehead atoms. The number of nitrogens with two attached hydrogens (primary N) is 1. The fourth-order valence-corrected chi connectivity index (χ4v) is 1.97. The Labute approximate surface area is 129 Å². The van der Waals surface area contributed by atoms with Gasteiger partial charge in [0, 0.05) is 24.2 Å². The second-order valence-corrected chi connectivity index (χ2v) is 5.75. The summed E-state index contributed by atoms with van der Waals surface area (Å²) in [5, 5.41) is 9.06. The predicted octanol–water partition coefficient (Wildman–Crippen LogP) is 1.89. The Hall–Kier alpha value is -2.37. The first-order chi connectivity index (χ1) is 10.2. The number of nitrogens with zero attached hydrogens (tertiary/aromatic N) is 1. The lowest BCUT2D eigenvalue weighted by Gasteiger charge is -2.25. The summed E-state index contributed by atoms with van der Waals surface area (Å²) in [6.45, 7) is 5.48. The number of amides is 2. The zero-order chi connectivity index (χ0) is 16.9. The number of aliphatic carboxylic acids is 1. The van der Waals surface area contributed by atoms with Crippen LogP contribution in [0.25, 0.3) is 0 Å². The highest BCUT2D eigenvalue weighted by atomic mass is 16.4. The lowest BCUT2D eigenvalue weighted by molar-refractivity contribution is -0.140. The number of hydrogen-bond acceptors (Lipinski definition) is 3. The molecule has 6 nitrogen and oxygen atoms in total. The quantitative estimate of drug-likeness (QED) is 0.803. The van der Waals surface area contributed by atoms with E-state index in [1.165, 1.54) is 17.0 Å². The van der Waals surface area contributed by atoms with Crippen LogP contribution in [0.4, 0.5) is 5.69 Å². The first-order valence-corrected chi connectivity index (χ1v) is 7.15. The summed E-state index contributed by atoms with van der Waals surface area (Å²) in [6.07, 6.45) is 0.323. The average Bonchev–Trinajstić information content (AvgIpc) is 2.43. The third-order valence-corrected chi connectivity index (χ3v) is 3.23. The number of carbonyl (C=O) groups is 3. The van der Waals surface area contributed by atoms with Crippen molar-refractivity contribution in [3.05, 3.63) is 29.8 Å². The smallest absolute Gasteiger partial charge is 0.308 e. The van der Waals surface area contributed by atoms with Crippen LogP contribution in [0.15, 0.2) is 24.3 Å². The summed E-state index contributed by atoms with van der Waals surface area (Å²) in [5.41, 5.74) is 6.09. The molecule has 0 radical (unpaired) electrons. The summed E-state index contributed by atoms with van der Waals surface area (Å²) >= 11 is 0. The molecule has 0 aliphatic rings. The van der Waals surface area contributed by atoms with Crippen molar-refractivity contribution in [2.45, 2.75) is 27.2 Å². The number of anilines is 1. The van der Waals surface area contributed by atoms with Crippen LogP contribution >= 0.6 is 0 Å². The molecule has 0 aliphatic carbocycles. The molecule has 0 heterocycles. The van der Waals surface area contributed by atoms with E-state index in [-0.39, 0.29) is 18.4 Å². The van der Waals surface area contributed by atoms with Crippen molar-refractivity contribution in [3.8, 4) is 0 Å². The molecule has 1 atom stereocenters. The fraction of sp³-hybridized carbons (Fsp3) is 0.438. The highest BCUT2D eigenvalue weighted by molar-refractivity contribution is 5.96. The molecule has 3 N–H and O–H groups in total. The molecule has 1 aromatic carbocycles. The van der Waals surface area contributed by atoms with Crippen molar-refractivity contribution >= 4 is 23.5 Å². The van der Waals surface area contributed by atoms with Gasteiger partial charge in [-0.2, -0.15) is 0 Å². The van der Waals surface area contributed by atoms with Crippen LogP contribution in [0, 0.1) is 11.8 Å². The number of rotatable bonds is 7. The van der Waals surface area contributed by atoms with E-state index in [2.05, 4.69) is 0 Å². The minimum Gasteiger partial charge on any atom is -0.481 e. The third-order valence-electron chi connectivity index (χ3n) is 3.23. The lowest BCUT2D eigenvalue weighted by atomic mass is 10.1. The molecule has 0 aliphatic heterocycles. The van der Waals surface area contributed by atoms with Gasteiger partial charge in [-0.1, -0.05) is 20.8 Å². The van der Waals surface area contributed by atoms with E-state index in [0.717, 1.165) is 0 Å². The van der Waals surface area contributed by atoms with Crippen molar-refractivity contribution < 1.29 is 19.5 Å². The molecule has 2 amide bonds. The molecule has 0 saturated heterocycles.